The molecule has 1 N–H and O–H groups in total. The molecule has 0 amide bonds. The van der Waals surface area contributed by atoms with Crippen LogP contribution in [0.15, 0.2) is 0 Å². The second kappa shape index (κ2) is 11.3. The molecule has 1 atom stereocenters. The van der Waals surface area contributed by atoms with Crippen LogP contribution in [0.4, 0.5) is 0 Å². The van der Waals surface area contributed by atoms with Crippen molar-refractivity contribution in [2.45, 2.75) is 38.7 Å². The minimum Gasteiger partial charge on any atom is -0.382 e. The van der Waals surface area contributed by atoms with E-state index < -0.39 is 0 Å². The lowest BCUT2D eigenvalue weighted by Crippen LogP contribution is -2.19. The van der Waals surface area contributed by atoms with Gasteiger partial charge in [-0.15, -0.1) is 0 Å². The average molecular weight is 261 g/mol. The third kappa shape index (κ3) is 8.89. The summed E-state index contributed by atoms with van der Waals surface area (Å²) in [5, 5.41) is 3.47. The van der Waals surface area contributed by atoms with E-state index in [1.807, 2.05) is 18.7 Å². The number of hydrogen-bond donors (Lipinski definition) is 1. The lowest BCUT2D eigenvalue weighted by atomic mass is 10.3. The van der Waals surface area contributed by atoms with Gasteiger partial charge in [-0.1, -0.05) is 0 Å². The molecule has 1 unspecified atom stereocenters. The van der Waals surface area contributed by atoms with E-state index in [1.165, 1.54) is 37.2 Å². The minimum atomic E-state index is 0.534. The first-order chi connectivity index (χ1) is 8.43. The zero-order valence-electron chi connectivity index (χ0n) is 11.1. The minimum absolute atomic E-state index is 0.534. The van der Waals surface area contributed by atoms with E-state index in [0.717, 1.165) is 32.9 Å². The number of nitrogens with one attached hydrogen (secondary N) is 1. The van der Waals surface area contributed by atoms with E-state index in [9.17, 15) is 0 Å². The first-order valence-corrected chi connectivity index (χ1v) is 8.06. The predicted octanol–water partition coefficient (Wildman–Crippen LogP) is 2.30. The Hall–Kier alpha value is 0.230. The maximum Gasteiger partial charge on any atom is 0.0666 e. The van der Waals surface area contributed by atoms with Crippen molar-refractivity contribution < 1.29 is 9.47 Å². The van der Waals surface area contributed by atoms with Crippen LogP contribution in [0.2, 0.25) is 0 Å². The fourth-order valence-corrected chi connectivity index (χ4v) is 2.84. The first-order valence-electron chi connectivity index (χ1n) is 6.91. The van der Waals surface area contributed by atoms with E-state index in [1.54, 1.807) is 0 Å². The molecule has 0 saturated carbocycles. The van der Waals surface area contributed by atoms with Gasteiger partial charge in [-0.05, 0) is 39.2 Å². The van der Waals surface area contributed by atoms with Crippen molar-refractivity contribution in [3.8, 4) is 0 Å². The van der Waals surface area contributed by atoms with Gasteiger partial charge in [-0.3, -0.25) is 0 Å². The maximum atomic E-state index is 5.58. The van der Waals surface area contributed by atoms with E-state index in [0.29, 0.717) is 6.10 Å². The van der Waals surface area contributed by atoms with Crippen LogP contribution in [0.5, 0.6) is 0 Å². The van der Waals surface area contributed by atoms with Crippen LogP contribution in [-0.2, 0) is 9.47 Å². The molecular formula is C13H27NO2S. The molecule has 4 heteroatoms. The van der Waals surface area contributed by atoms with Gasteiger partial charge in [0.05, 0.1) is 6.10 Å². The van der Waals surface area contributed by atoms with E-state index in [-0.39, 0.29) is 0 Å². The number of ether oxygens (including phenoxy) is 2. The van der Waals surface area contributed by atoms with Crippen LogP contribution in [0.1, 0.15) is 32.6 Å². The van der Waals surface area contributed by atoms with E-state index >= 15 is 0 Å². The van der Waals surface area contributed by atoms with Crippen LogP contribution >= 0.6 is 11.8 Å². The molecule has 0 aliphatic carbocycles. The Morgan fingerprint density at radius 3 is 3.06 bits per heavy atom. The molecule has 0 aromatic rings. The van der Waals surface area contributed by atoms with Gasteiger partial charge in [-0.2, -0.15) is 11.8 Å². The second-order valence-electron chi connectivity index (χ2n) is 4.36. The van der Waals surface area contributed by atoms with Crippen molar-refractivity contribution in [3.63, 3.8) is 0 Å². The molecule has 1 aliphatic rings. The lowest BCUT2D eigenvalue weighted by Gasteiger charge is -2.09. The van der Waals surface area contributed by atoms with Gasteiger partial charge < -0.3 is 14.8 Å². The van der Waals surface area contributed by atoms with Crippen molar-refractivity contribution in [2.24, 2.45) is 0 Å². The zero-order valence-corrected chi connectivity index (χ0v) is 11.9. The Kier molecular flexibility index (Phi) is 10.2. The summed E-state index contributed by atoms with van der Waals surface area (Å²) in [6, 6.07) is 0. The standard InChI is InChI=1S/C13H27NO2S/c1-2-15-9-4-3-7-14-8-11-17-12-13-6-5-10-16-13/h13-14H,2-12H2,1H3. The Morgan fingerprint density at radius 2 is 2.29 bits per heavy atom. The summed E-state index contributed by atoms with van der Waals surface area (Å²) in [5.74, 6) is 2.37. The van der Waals surface area contributed by atoms with Gasteiger partial charge in [0.2, 0.25) is 0 Å². The van der Waals surface area contributed by atoms with Crippen LogP contribution < -0.4 is 5.32 Å². The monoisotopic (exact) mass is 261 g/mol. The van der Waals surface area contributed by atoms with Crippen molar-refractivity contribution in [2.75, 3.05) is 44.4 Å². The van der Waals surface area contributed by atoms with Gasteiger partial charge in [0.15, 0.2) is 0 Å². The molecule has 0 aromatic carbocycles. The highest BCUT2D eigenvalue weighted by molar-refractivity contribution is 7.99. The summed E-state index contributed by atoms with van der Waals surface area (Å²) in [7, 11) is 0. The van der Waals surface area contributed by atoms with Crippen molar-refractivity contribution in [3.05, 3.63) is 0 Å². The molecule has 1 heterocycles. The van der Waals surface area contributed by atoms with Crippen molar-refractivity contribution in [1.82, 2.24) is 5.32 Å². The smallest absolute Gasteiger partial charge is 0.0666 e. The third-order valence-electron chi connectivity index (χ3n) is 2.85. The lowest BCUT2D eigenvalue weighted by molar-refractivity contribution is 0.129. The molecule has 0 bridgehead atoms. The first kappa shape index (κ1) is 15.3. The summed E-state index contributed by atoms with van der Waals surface area (Å²) in [4.78, 5) is 0. The van der Waals surface area contributed by atoms with Crippen molar-refractivity contribution >= 4 is 11.8 Å². The van der Waals surface area contributed by atoms with E-state index in [2.05, 4.69) is 5.32 Å². The normalized spacial score (nSPS) is 19.9. The Balaban J connectivity index is 1.69. The molecule has 0 aromatic heterocycles. The quantitative estimate of drug-likeness (QED) is 0.578. The summed E-state index contributed by atoms with van der Waals surface area (Å²) in [6.45, 7) is 7.01. The molecule has 1 rings (SSSR count). The third-order valence-corrected chi connectivity index (χ3v) is 3.95. The van der Waals surface area contributed by atoms with Gasteiger partial charge >= 0.3 is 0 Å². The SMILES string of the molecule is CCOCCCCNCCSCC1CCCO1. The molecule has 1 fully saturated rings. The van der Waals surface area contributed by atoms with Crippen LogP contribution in [0, 0.1) is 0 Å². The van der Waals surface area contributed by atoms with Crippen LogP contribution in [-0.4, -0.2) is 50.5 Å². The number of thioether (sulfide) groups is 1. The van der Waals surface area contributed by atoms with Gasteiger partial charge in [0.1, 0.15) is 0 Å². The van der Waals surface area contributed by atoms with Gasteiger partial charge in [0.25, 0.3) is 0 Å². The molecule has 17 heavy (non-hydrogen) atoms. The highest BCUT2D eigenvalue weighted by Crippen LogP contribution is 2.16. The molecular weight excluding hydrogens is 234 g/mol. The largest absolute Gasteiger partial charge is 0.382 e. The molecule has 1 aliphatic heterocycles. The molecule has 0 spiro atoms. The molecule has 0 radical (unpaired) electrons. The highest BCUT2D eigenvalue weighted by Gasteiger charge is 2.14. The number of unbranched alkanes of at least 4 members (excludes halogenated alkanes) is 1. The van der Waals surface area contributed by atoms with Crippen LogP contribution in [0.3, 0.4) is 0 Å². The highest BCUT2D eigenvalue weighted by atomic mass is 32.2. The predicted molar refractivity (Wildman–Crippen MR) is 74.9 cm³/mol. The molecule has 3 nitrogen and oxygen atoms in total. The Bertz CT molecular complexity index is 163. The van der Waals surface area contributed by atoms with Crippen LogP contribution in [0.25, 0.3) is 0 Å². The summed E-state index contributed by atoms with van der Waals surface area (Å²) in [5.41, 5.74) is 0. The summed E-state index contributed by atoms with van der Waals surface area (Å²) in [6.07, 6.45) is 5.44. The Morgan fingerprint density at radius 1 is 1.35 bits per heavy atom. The number of hydrogen-bond acceptors (Lipinski definition) is 4. The summed E-state index contributed by atoms with van der Waals surface area (Å²) < 4.78 is 10.9. The maximum absolute atomic E-state index is 5.58. The fraction of sp³-hybridized carbons (Fsp3) is 1.00. The van der Waals surface area contributed by atoms with Crippen molar-refractivity contribution in [1.29, 1.82) is 0 Å². The summed E-state index contributed by atoms with van der Waals surface area (Å²) >= 11 is 2.01. The molecule has 102 valence electrons. The van der Waals surface area contributed by atoms with Gasteiger partial charge in [-0.25, -0.2) is 0 Å². The Labute approximate surface area is 110 Å². The van der Waals surface area contributed by atoms with E-state index in [4.69, 9.17) is 9.47 Å². The topological polar surface area (TPSA) is 30.5 Å². The zero-order chi connectivity index (χ0) is 12.2. The number of rotatable bonds is 11. The van der Waals surface area contributed by atoms with Gasteiger partial charge in [0, 0.05) is 37.9 Å². The fourth-order valence-electron chi connectivity index (χ4n) is 1.86. The second-order valence-corrected chi connectivity index (χ2v) is 5.51. The molecule has 1 saturated heterocycles. The average Bonchev–Trinajstić information content (AvgIpc) is 2.85.